The standard InChI is InChI=1S/C19H23N3O4/c23-18(20-15-3-4-15)12-21-7-9-22(10-8-21)19(24)6-2-14-1-5-16-17(11-14)26-13-25-16/h1-2,5-6,11,15H,3-4,7-10,12-13H2,(H,20,23)/b6-2+. The van der Waals surface area contributed by atoms with E-state index in [9.17, 15) is 9.59 Å². The third-order valence-corrected chi connectivity index (χ3v) is 4.81. The van der Waals surface area contributed by atoms with Crippen molar-refractivity contribution in [3.63, 3.8) is 0 Å². The highest BCUT2D eigenvalue weighted by Crippen LogP contribution is 2.32. The topological polar surface area (TPSA) is 71.1 Å². The Labute approximate surface area is 152 Å². The molecule has 0 aromatic heterocycles. The zero-order chi connectivity index (χ0) is 17.9. The van der Waals surface area contributed by atoms with E-state index in [1.165, 1.54) is 0 Å². The molecular formula is C19H23N3O4. The minimum absolute atomic E-state index is 0.00949. The Morgan fingerprint density at radius 2 is 1.88 bits per heavy atom. The van der Waals surface area contributed by atoms with E-state index < -0.39 is 0 Å². The van der Waals surface area contributed by atoms with Gasteiger partial charge in [0.05, 0.1) is 6.54 Å². The van der Waals surface area contributed by atoms with Crippen molar-refractivity contribution in [3.05, 3.63) is 29.8 Å². The average Bonchev–Trinajstić information content (AvgIpc) is 3.33. The van der Waals surface area contributed by atoms with Crippen LogP contribution in [0.1, 0.15) is 18.4 Å². The number of hydrogen-bond acceptors (Lipinski definition) is 5. The van der Waals surface area contributed by atoms with Crippen molar-refractivity contribution in [2.75, 3.05) is 39.5 Å². The van der Waals surface area contributed by atoms with E-state index in [0.717, 1.165) is 37.2 Å². The molecule has 1 aromatic rings. The number of benzene rings is 1. The number of piperazine rings is 1. The van der Waals surface area contributed by atoms with E-state index in [0.29, 0.717) is 31.4 Å². The van der Waals surface area contributed by atoms with Gasteiger partial charge in [0, 0.05) is 38.3 Å². The first-order valence-electron chi connectivity index (χ1n) is 9.06. The zero-order valence-corrected chi connectivity index (χ0v) is 14.6. The highest BCUT2D eigenvalue weighted by atomic mass is 16.7. The molecule has 0 radical (unpaired) electrons. The van der Waals surface area contributed by atoms with Crippen molar-refractivity contribution in [2.24, 2.45) is 0 Å². The predicted molar refractivity (Wildman–Crippen MR) is 95.8 cm³/mol. The summed E-state index contributed by atoms with van der Waals surface area (Å²) >= 11 is 0. The van der Waals surface area contributed by atoms with E-state index >= 15 is 0 Å². The largest absolute Gasteiger partial charge is 0.454 e. The summed E-state index contributed by atoms with van der Waals surface area (Å²) in [5.41, 5.74) is 0.901. The molecule has 2 amide bonds. The van der Waals surface area contributed by atoms with Crippen LogP contribution < -0.4 is 14.8 Å². The molecule has 138 valence electrons. The molecule has 1 aliphatic carbocycles. The fourth-order valence-corrected chi connectivity index (χ4v) is 3.12. The number of nitrogens with zero attached hydrogens (tertiary/aromatic N) is 2. The maximum atomic E-state index is 12.4. The number of fused-ring (bicyclic) bond motifs is 1. The summed E-state index contributed by atoms with van der Waals surface area (Å²) in [6.45, 7) is 3.39. The Morgan fingerprint density at radius 1 is 1.12 bits per heavy atom. The van der Waals surface area contributed by atoms with Crippen molar-refractivity contribution in [1.82, 2.24) is 15.1 Å². The first-order chi connectivity index (χ1) is 12.7. The molecule has 1 saturated carbocycles. The summed E-state index contributed by atoms with van der Waals surface area (Å²) in [5, 5.41) is 3.00. The summed E-state index contributed by atoms with van der Waals surface area (Å²) < 4.78 is 10.6. The van der Waals surface area contributed by atoms with E-state index in [-0.39, 0.29) is 18.6 Å². The van der Waals surface area contributed by atoms with Crippen molar-refractivity contribution >= 4 is 17.9 Å². The number of nitrogens with one attached hydrogen (secondary N) is 1. The molecule has 3 aliphatic rings. The molecule has 2 heterocycles. The van der Waals surface area contributed by atoms with Gasteiger partial charge in [-0.25, -0.2) is 0 Å². The Morgan fingerprint density at radius 3 is 2.65 bits per heavy atom. The van der Waals surface area contributed by atoms with Gasteiger partial charge in [-0.15, -0.1) is 0 Å². The van der Waals surface area contributed by atoms with Crippen molar-refractivity contribution in [1.29, 1.82) is 0 Å². The monoisotopic (exact) mass is 357 g/mol. The van der Waals surface area contributed by atoms with Gasteiger partial charge in [-0.1, -0.05) is 6.07 Å². The van der Waals surface area contributed by atoms with Crippen LogP contribution in [0.2, 0.25) is 0 Å². The van der Waals surface area contributed by atoms with Gasteiger partial charge in [0.25, 0.3) is 0 Å². The van der Waals surface area contributed by atoms with Crippen LogP contribution in [0, 0.1) is 0 Å². The second-order valence-electron chi connectivity index (χ2n) is 6.89. The minimum Gasteiger partial charge on any atom is -0.454 e. The van der Waals surface area contributed by atoms with Crippen LogP contribution in [0.25, 0.3) is 6.08 Å². The van der Waals surface area contributed by atoms with E-state index in [2.05, 4.69) is 10.2 Å². The number of hydrogen-bond donors (Lipinski definition) is 1. The molecule has 0 spiro atoms. The molecule has 26 heavy (non-hydrogen) atoms. The molecule has 4 rings (SSSR count). The van der Waals surface area contributed by atoms with Crippen LogP contribution in [0.15, 0.2) is 24.3 Å². The number of rotatable bonds is 5. The lowest BCUT2D eigenvalue weighted by Gasteiger charge is -2.33. The highest BCUT2D eigenvalue weighted by molar-refractivity contribution is 5.92. The zero-order valence-electron chi connectivity index (χ0n) is 14.6. The van der Waals surface area contributed by atoms with Gasteiger partial charge in [-0.2, -0.15) is 0 Å². The molecule has 0 atom stereocenters. The smallest absolute Gasteiger partial charge is 0.246 e. The maximum Gasteiger partial charge on any atom is 0.246 e. The lowest BCUT2D eigenvalue weighted by molar-refractivity contribution is -0.128. The summed E-state index contributed by atoms with van der Waals surface area (Å²) in [6, 6.07) is 6.00. The molecule has 2 aliphatic heterocycles. The molecule has 7 heteroatoms. The quantitative estimate of drug-likeness (QED) is 0.791. The molecule has 0 unspecified atom stereocenters. The Bertz CT molecular complexity index is 721. The van der Waals surface area contributed by atoms with Gasteiger partial charge in [-0.3, -0.25) is 14.5 Å². The fourth-order valence-electron chi connectivity index (χ4n) is 3.12. The molecular weight excluding hydrogens is 334 g/mol. The van der Waals surface area contributed by atoms with Crippen LogP contribution in [0.4, 0.5) is 0 Å². The van der Waals surface area contributed by atoms with Crippen LogP contribution in [-0.2, 0) is 9.59 Å². The van der Waals surface area contributed by atoms with Crippen molar-refractivity contribution in [2.45, 2.75) is 18.9 Å². The normalized spacial score (nSPS) is 19.8. The van der Waals surface area contributed by atoms with Gasteiger partial charge in [0.15, 0.2) is 11.5 Å². The number of carbonyl (C=O) groups is 2. The van der Waals surface area contributed by atoms with E-state index in [1.54, 1.807) is 12.2 Å². The third-order valence-electron chi connectivity index (χ3n) is 4.81. The Balaban J connectivity index is 1.24. The highest BCUT2D eigenvalue weighted by Gasteiger charge is 2.25. The van der Waals surface area contributed by atoms with Crippen molar-refractivity contribution in [3.8, 4) is 11.5 Å². The summed E-state index contributed by atoms with van der Waals surface area (Å²) in [4.78, 5) is 28.1. The average molecular weight is 357 g/mol. The third kappa shape index (κ3) is 4.16. The van der Waals surface area contributed by atoms with Crippen LogP contribution in [-0.4, -0.2) is 67.2 Å². The Hall–Kier alpha value is -2.54. The SMILES string of the molecule is O=C(CN1CCN(C(=O)/C=C/c2ccc3c(c2)OCO3)CC1)NC1CC1. The van der Waals surface area contributed by atoms with Gasteiger partial charge < -0.3 is 19.7 Å². The molecule has 7 nitrogen and oxygen atoms in total. The molecule has 1 N–H and O–H groups in total. The second-order valence-corrected chi connectivity index (χ2v) is 6.89. The maximum absolute atomic E-state index is 12.4. The first kappa shape index (κ1) is 16.9. The van der Waals surface area contributed by atoms with E-state index in [1.807, 2.05) is 23.1 Å². The molecule has 1 aromatic carbocycles. The predicted octanol–water partition coefficient (Wildman–Crippen LogP) is 0.851. The summed E-state index contributed by atoms with van der Waals surface area (Å²) in [7, 11) is 0. The van der Waals surface area contributed by atoms with Gasteiger partial charge >= 0.3 is 0 Å². The van der Waals surface area contributed by atoms with Gasteiger partial charge in [0.1, 0.15) is 0 Å². The second kappa shape index (κ2) is 7.37. The lowest BCUT2D eigenvalue weighted by Crippen LogP contribution is -2.51. The van der Waals surface area contributed by atoms with Crippen molar-refractivity contribution < 1.29 is 19.1 Å². The van der Waals surface area contributed by atoms with Crippen LogP contribution >= 0.6 is 0 Å². The summed E-state index contributed by atoms with van der Waals surface area (Å²) in [5.74, 6) is 1.52. The minimum atomic E-state index is -0.00949. The van der Waals surface area contributed by atoms with Gasteiger partial charge in [0.2, 0.25) is 18.6 Å². The lowest BCUT2D eigenvalue weighted by atomic mass is 10.2. The van der Waals surface area contributed by atoms with Crippen LogP contribution in [0.3, 0.4) is 0 Å². The number of carbonyl (C=O) groups excluding carboxylic acids is 2. The molecule has 0 bridgehead atoms. The molecule has 1 saturated heterocycles. The first-order valence-corrected chi connectivity index (χ1v) is 9.06. The number of amides is 2. The molecule has 2 fully saturated rings. The van der Waals surface area contributed by atoms with Crippen LogP contribution in [0.5, 0.6) is 11.5 Å². The fraction of sp³-hybridized carbons (Fsp3) is 0.474. The van der Waals surface area contributed by atoms with E-state index in [4.69, 9.17) is 9.47 Å². The van der Waals surface area contributed by atoms with Gasteiger partial charge in [-0.05, 0) is 36.6 Å². The number of ether oxygens (including phenoxy) is 2. The summed E-state index contributed by atoms with van der Waals surface area (Å²) in [6.07, 6.45) is 5.58. The Kier molecular flexibility index (Phi) is 4.79.